The van der Waals surface area contributed by atoms with E-state index in [0.717, 1.165) is 38.5 Å². The van der Waals surface area contributed by atoms with Gasteiger partial charge in [0.05, 0.1) is 11.4 Å². The molecule has 0 aromatic heterocycles. The number of hydrogen-bond acceptors (Lipinski definition) is 3. The molecule has 0 unspecified atom stereocenters. The molecule has 4 heteroatoms. The highest BCUT2D eigenvalue weighted by atomic mass is 32.2. The van der Waals surface area contributed by atoms with Crippen molar-refractivity contribution in [2.75, 3.05) is 5.75 Å². The molecule has 3 nitrogen and oxygen atoms in total. The van der Waals surface area contributed by atoms with E-state index >= 15 is 0 Å². The zero-order valence-electron chi connectivity index (χ0n) is 12.8. The molecule has 2 aliphatic carbocycles. The normalized spacial score (nSPS) is 43.0. The second-order valence-electron chi connectivity index (χ2n) is 7.89. The molecule has 0 bridgehead atoms. The van der Waals surface area contributed by atoms with Gasteiger partial charge in [-0.1, -0.05) is 25.0 Å². The Morgan fingerprint density at radius 3 is 2.45 bits per heavy atom. The van der Waals surface area contributed by atoms with E-state index in [2.05, 4.69) is 12.2 Å². The summed E-state index contributed by atoms with van der Waals surface area (Å²) in [7, 11) is -3.17. The molecule has 1 heterocycles. The lowest BCUT2D eigenvalue weighted by atomic mass is 9.52. The van der Waals surface area contributed by atoms with Crippen LogP contribution < -0.4 is 0 Å². The van der Waals surface area contributed by atoms with Crippen LogP contribution in [-0.2, 0) is 14.6 Å². The van der Waals surface area contributed by atoms with Crippen molar-refractivity contribution in [2.24, 2.45) is 10.8 Å². The van der Waals surface area contributed by atoms with Gasteiger partial charge in [0.15, 0.2) is 15.3 Å². The minimum Gasteiger partial charge on any atom is -0.356 e. The van der Waals surface area contributed by atoms with Crippen molar-refractivity contribution in [3.63, 3.8) is 0 Å². The SMILES string of the molecule is CC(C)(C)O[C@@H]1[C@]23CC=CC[C@]2(CCCC3)CS1(=O)=O. The van der Waals surface area contributed by atoms with Gasteiger partial charge in [-0.2, -0.15) is 0 Å². The standard InChI is InChI=1S/C16H26O3S/c1-14(2,3)19-13-16-10-6-4-8-15(16,9-5-7-11-16)12-20(13,17)18/h4,6,13H,5,7-12H2,1-3H3/t13-,15-,16+/m0/s1. The molecule has 3 aliphatic rings. The van der Waals surface area contributed by atoms with Gasteiger partial charge < -0.3 is 4.74 Å². The van der Waals surface area contributed by atoms with Crippen LogP contribution in [-0.4, -0.2) is 25.2 Å². The summed E-state index contributed by atoms with van der Waals surface area (Å²) in [6, 6.07) is 0. The summed E-state index contributed by atoms with van der Waals surface area (Å²) in [6.07, 6.45) is 10.5. The summed E-state index contributed by atoms with van der Waals surface area (Å²) >= 11 is 0. The van der Waals surface area contributed by atoms with E-state index in [9.17, 15) is 8.42 Å². The molecule has 114 valence electrons. The quantitative estimate of drug-likeness (QED) is 0.696. The van der Waals surface area contributed by atoms with Crippen LogP contribution in [0.1, 0.15) is 59.3 Å². The minimum absolute atomic E-state index is 0.0608. The van der Waals surface area contributed by atoms with Crippen LogP contribution in [0, 0.1) is 10.8 Å². The molecular formula is C16H26O3S. The Morgan fingerprint density at radius 1 is 1.10 bits per heavy atom. The molecule has 1 aliphatic heterocycles. The zero-order chi connectivity index (χ0) is 14.6. The number of allylic oxidation sites excluding steroid dienone is 2. The van der Waals surface area contributed by atoms with Crippen molar-refractivity contribution in [2.45, 2.75) is 70.3 Å². The lowest BCUT2D eigenvalue weighted by molar-refractivity contribution is -0.124. The summed E-state index contributed by atoms with van der Waals surface area (Å²) in [4.78, 5) is 0. The Bertz CT molecular complexity index is 528. The molecule has 1 saturated heterocycles. The van der Waals surface area contributed by atoms with Crippen molar-refractivity contribution in [1.29, 1.82) is 0 Å². The summed E-state index contributed by atoms with van der Waals surface area (Å²) in [6.45, 7) is 5.88. The Labute approximate surface area is 122 Å². The maximum absolute atomic E-state index is 12.8. The molecule has 0 aromatic rings. The highest BCUT2D eigenvalue weighted by Crippen LogP contribution is 2.65. The lowest BCUT2D eigenvalue weighted by Crippen LogP contribution is -2.50. The summed E-state index contributed by atoms with van der Waals surface area (Å²) in [5, 5.41) is 0. The van der Waals surface area contributed by atoms with Gasteiger partial charge in [-0.15, -0.1) is 0 Å². The van der Waals surface area contributed by atoms with Crippen LogP contribution in [0.5, 0.6) is 0 Å². The Hall–Kier alpha value is -0.350. The fraction of sp³-hybridized carbons (Fsp3) is 0.875. The molecule has 0 radical (unpaired) electrons. The molecule has 3 atom stereocenters. The second-order valence-corrected chi connectivity index (χ2v) is 9.94. The molecule has 1 saturated carbocycles. The van der Waals surface area contributed by atoms with E-state index in [0.29, 0.717) is 5.75 Å². The number of rotatable bonds is 1. The predicted molar refractivity (Wildman–Crippen MR) is 80.1 cm³/mol. The van der Waals surface area contributed by atoms with E-state index in [1.165, 1.54) is 0 Å². The van der Waals surface area contributed by atoms with Crippen LogP contribution >= 0.6 is 0 Å². The van der Waals surface area contributed by atoms with Crippen molar-refractivity contribution >= 4 is 9.84 Å². The fourth-order valence-corrected chi connectivity index (χ4v) is 7.75. The van der Waals surface area contributed by atoms with Gasteiger partial charge in [0.1, 0.15) is 0 Å². The largest absolute Gasteiger partial charge is 0.356 e. The van der Waals surface area contributed by atoms with E-state index < -0.39 is 20.9 Å². The Balaban J connectivity index is 2.10. The molecule has 2 fully saturated rings. The third-order valence-corrected chi connectivity index (χ3v) is 7.61. The molecule has 0 N–H and O–H groups in total. The molecule has 0 amide bonds. The predicted octanol–water partition coefficient (Wildman–Crippen LogP) is 3.45. The highest BCUT2D eigenvalue weighted by Gasteiger charge is 2.67. The number of ether oxygens (including phenoxy) is 1. The average Bonchev–Trinajstić information content (AvgIpc) is 2.53. The summed E-state index contributed by atoms with van der Waals surface area (Å²) < 4.78 is 31.7. The molecule has 3 rings (SSSR count). The smallest absolute Gasteiger partial charge is 0.178 e. The monoisotopic (exact) mass is 298 g/mol. The van der Waals surface area contributed by atoms with Crippen molar-refractivity contribution < 1.29 is 13.2 Å². The van der Waals surface area contributed by atoms with Crippen LogP contribution in [0.3, 0.4) is 0 Å². The topological polar surface area (TPSA) is 43.4 Å². The number of sulfone groups is 1. The van der Waals surface area contributed by atoms with Crippen LogP contribution in [0.4, 0.5) is 0 Å². The first-order valence-electron chi connectivity index (χ1n) is 7.75. The van der Waals surface area contributed by atoms with Gasteiger partial charge in [-0.25, -0.2) is 8.42 Å². The van der Waals surface area contributed by atoms with Crippen LogP contribution in [0.25, 0.3) is 0 Å². The van der Waals surface area contributed by atoms with E-state index in [-0.39, 0.29) is 10.8 Å². The number of hydrogen-bond donors (Lipinski definition) is 0. The second kappa shape index (κ2) is 4.33. The van der Waals surface area contributed by atoms with E-state index in [4.69, 9.17) is 4.74 Å². The molecule has 20 heavy (non-hydrogen) atoms. The molecular weight excluding hydrogens is 272 g/mol. The van der Waals surface area contributed by atoms with Crippen molar-refractivity contribution in [3.8, 4) is 0 Å². The summed E-state index contributed by atoms with van der Waals surface area (Å²) in [5.74, 6) is 0.324. The zero-order valence-corrected chi connectivity index (χ0v) is 13.6. The Kier molecular flexibility index (Phi) is 3.15. The summed E-state index contributed by atoms with van der Waals surface area (Å²) in [5.41, 5.74) is -1.26. The van der Waals surface area contributed by atoms with Crippen molar-refractivity contribution in [3.05, 3.63) is 12.2 Å². The lowest BCUT2D eigenvalue weighted by Gasteiger charge is -2.52. The van der Waals surface area contributed by atoms with Gasteiger partial charge in [0.25, 0.3) is 0 Å². The average molecular weight is 298 g/mol. The fourth-order valence-electron chi connectivity index (χ4n) is 4.70. The van der Waals surface area contributed by atoms with Crippen LogP contribution in [0.2, 0.25) is 0 Å². The van der Waals surface area contributed by atoms with Gasteiger partial charge in [-0.3, -0.25) is 0 Å². The first-order valence-corrected chi connectivity index (χ1v) is 9.47. The van der Waals surface area contributed by atoms with E-state index in [1.807, 2.05) is 20.8 Å². The maximum atomic E-state index is 12.8. The van der Waals surface area contributed by atoms with Gasteiger partial charge in [0.2, 0.25) is 0 Å². The van der Waals surface area contributed by atoms with E-state index in [1.54, 1.807) is 0 Å². The first kappa shape index (κ1) is 14.6. The van der Waals surface area contributed by atoms with Crippen LogP contribution in [0.15, 0.2) is 12.2 Å². The van der Waals surface area contributed by atoms with Gasteiger partial charge in [-0.05, 0) is 51.9 Å². The third kappa shape index (κ3) is 1.98. The third-order valence-electron chi connectivity index (χ3n) is 5.46. The van der Waals surface area contributed by atoms with Gasteiger partial charge in [0, 0.05) is 5.41 Å². The van der Waals surface area contributed by atoms with Crippen molar-refractivity contribution in [1.82, 2.24) is 0 Å². The highest BCUT2D eigenvalue weighted by molar-refractivity contribution is 7.92. The minimum atomic E-state index is -3.17. The maximum Gasteiger partial charge on any atom is 0.178 e. The molecule has 0 aromatic carbocycles. The van der Waals surface area contributed by atoms with Gasteiger partial charge >= 0.3 is 0 Å². The first-order chi connectivity index (χ1) is 9.21. The molecule has 0 spiro atoms. The Morgan fingerprint density at radius 2 is 1.75 bits per heavy atom.